The van der Waals surface area contributed by atoms with Crippen molar-refractivity contribution in [2.24, 2.45) is 0 Å². The Kier molecular flexibility index (Phi) is 6.26. The average molecular weight is 492 g/mol. The number of nitrogens with zero attached hydrogens (tertiary/aromatic N) is 4. The van der Waals surface area contributed by atoms with Gasteiger partial charge >= 0.3 is 6.01 Å². The molecule has 10 heteroatoms. The Hall–Kier alpha value is -4.07. The van der Waals surface area contributed by atoms with Crippen LogP contribution < -0.4 is 9.64 Å². The van der Waals surface area contributed by atoms with Crippen LogP contribution in [-0.4, -0.2) is 66.7 Å². The lowest BCUT2D eigenvalue weighted by Crippen LogP contribution is -2.48. The Bertz CT molecular complexity index is 1520. The Morgan fingerprint density at radius 1 is 1.25 bits per heavy atom. The molecule has 1 saturated heterocycles. The van der Waals surface area contributed by atoms with Crippen LogP contribution in [0.3, 0.4) is 0 Å². The molecule has 0 bridgehead atoms. The number of morpholine rings is 1. The molecule has 0 saturated carbocycles. The summed E-state index contributed by atoms with van der Waals surface area (Å²) < 4.78 is 46.9. The van der Waals surface area contributed by atoms with Gasteiger partial charge in [0.15, 0.2) is 5.82 Å². The molecule has 4 aromatic rings. The molecule has 3 heterocycles. The van der Waals surface area contributed by atoms with E-state index in [9.17, 15) is 9.50 Å². The van der Waals surface area contributed by atoms with Crippen molar-refractivity contribution in [3.63, 3.8) is 0 Å². The van der Waals surface area contributed by atoms with Gasteiger partial charge in [-0.2, -0.15) is 9.97 Å². The zero-order chi connectivity index (χ0) is 25.4. The molecule has 0 spiro atoms. The van der Waals surface area contributed by atoms with E-state index in [1.807, 2.05) is 4.90 Å². The van der Waals surface area contributed by atoms with Gasteiger partial charge in [-0.05, 0) is 23.6 Å². The van der Waals surface area contributed by atoms with Crippen molar-refractivity contribution in [2.75, 3.05) is 45.5 Å². The molecule has 1 aliphatic rings. The van der Waals surface area contributed by atoms with Crippen LogP contribution in [-0.2, 0) is 9.47 Å². The number of methoxy groups -OCH3 is 2. The maximum Gasteiger partial charge on any atom is 0.318 e. The summed E-state index contributed by atoms with van der Waals surface area (Å²) in [5, 5.41) is 11.4. The molecule has 36 heavy (non-hydrogen) atoms. The van der Waals surface area contributed by atoms with Crippen molar-refractivity contribution in [2.45, 2.75) is 6.04 Å². The molecule has 2 aromatic carbocycles. The first-order valence-electron chi connectivity index (χ1n) is 11.1. The fraction of sp³-hybridized carbons (Fsp3) is 0.269. The summed E-state index contributed by atoms with van der Waals surface area (Å²) in [4.78, 5) is 15.1. The van der Waals surface area contributed by atoms with Crippen LogP contribution in [0.2, 0.25) is 0 Å². The van der Waals surface area contributed by atoms with E-state index in [0.717, 1.165) is 0 Å². The van der Waals surface area contributed by atoms with E-state index < -0.39 is 11.6 Å². The zero-order valence-electron chi connectivity index (χ0n) is 19.6. The van der Waals surface area contributed by atoms with Crippen LogP contribution >= 0.6 is 0 Å². The van der Waals surface area contributed by atoms with Crippen LogP contribution in [0.25, 0.3) is 32.9 Å². The minimum atomic E-state index is -0.787. The second-order valence-electron chi connectivity index (χ2n) is 8.25. The molecule has 8 nitrogen and oxygen atoms in total. The molecule has 2 aromatic heterocycles. The highest BCUT2D eigenvalue weighted by atomic mass is 19.1. The number of phenolic OH excluding ortho intramolecular Hbond substituents is 1. The van der Waals surface area contributed by atoms with Crippen LogP contribution in [0.4, 0.5) is 14.6 Å². The van der Waals surface area contributed by atoms with Crippen LogP contribution in [0.1, 0.15) is 5.56 Å². The summed E-state index contributed by atoms with van der Waals surface area (Å²) in [6.45, 7) is 1.73. The second kappa shape index (κ2) is 9.53. The van der Waals surface area contributed by atoms with E-state index in [0.29, 0.717) is 43.0 Å². The minimum absolute atomic E-state index is 0.0349. The highest BCUT2D eigenvalue weighted by molar-refractivity contribution is 6.03. The van der Waals surface area contributed by atoms with E-state index in [2.05, 4.69) is 20.9 Å². The topological polar surface area (TPSA) is 89.8 Å². The van der Waals surface area contributed by atoms with E-state index in [-0.39, 0.29) is 45.5 Å². The summed E-state index contributed by atoms with van der Waals surface area (Å²) in [5.74, 6) is 1.18. The number of rotatable bonds is 5. The van der Waals surface area contributed by atoms with Gasteiger partial charge in [0.1, 0.15) is 28.6 Å². The van der Waals surface area contributed by atoms with Gasteiger partial charge in [0.2, 0.25) is 0 Å². The molecule has 184 valence electrons. The van der Waals surface area contributed by atoms with Gasteiger partial charge in [-0.15, -0.1) is 6.42 Å². The van der Waals surface area contributed by atoms with Crippen molar-refractivity contribution in [1.29, 1.82) is 0 Å². The fourth-order valence-corrected chi connectivity index (χ4v) is 4.54. The standard InChI is InChI=1S/C26H22F2N4O4/c1-4-17-20(27)6-5-14-9-16(33)10-18(21(14)17)23-22(28)24-19(11-29-23)25(31-26(30-24)35-3)32-7-8-36-13-15(32)12-34-2/h1,5-6,9-11,15,33H,7-8,12-13H2,2-3H3. The first-order valence-corrected chi connectivity index (χ1v) is 11.1. The number of pyridine rings is 1. The first kappa shape index (κ1) is 23.7. The number of ether oxygens (including phenoxy) is 3. The quantitative estimate of drug-likeness (QED) is 0.422. The largest absolute Gasteiger partial charge is 0.508 e. The molecule has 0 aliphatic carbocycles. The molecule has 5 rings (SSSR count). The fourth-order valence-electron chi connectivity index (χ4n) is 4.54. The number of hydrogen-bond acceptors (Lipinski definition) is 8. The monoisotopic (exact) mass is 492 g/mol. The molecule has 1 unspecified atom stereocenters. The van der Waals surface area contributed by atoms with Crippen LogP contribution in [0.15, 0.2) is 30.5 Å². The number of aromatic nitrogens is 3. The average Bonchev–Trinajstić information content (AvgIpc) is 2.89. The molecule has 0 amide bonds. The third-order valence-electron chi connectivity index (χ3n) is 6.14. The van der Waals surface area contributed by atoms with Crippen molar-refractivity contribution in [3.05, 3.63) is 47.7 Å². The molecule has 1 N–H and O–H groups in total. The van der Waals surface area contributed by atoms with Gasteiger partial charge in [0.05, 0.1) is 43.9 Å². The van der Waals surface area contributed by atoms with E-state index in [1.165, 1.54) is 37.6 Å². The lowest BCUT2D eigenvalue weighted by molar-refractivity contribution is 0.0599. The number of halogens is 2. The van der Waals surface area contributed by atoms with E-state index in [4.69, 9.17) is 20.6 Å². The van der Waals surface area contributed by atoms with Crippen molar-refractivity contribution < 1.29 is 28.1 Å². The predicted octanol–water partition coefficient (Wildman–Crippen LogP) is 3.67. The number of anilines is 1. The first-order chi connectivity index (χ1) is 17.5. The highest BCUT2D eigenvalue weighted by Crippen LogP contribution is 2.38. The maximum atomic E-state index is 16.2. The van der Waals surface area contributed by atoms with Gasteiger partial charge in [-0.1, -0.05) is 12.0 Å². The molecule has 1 atom stereocenters. The Morgan fingerprint density at radius 3 is 2.83 bits per heavy atom. The summed E-state index contributed by atoms with van der Waals surface area (Å²) in [5.41, 5.74) is -0.104. The molecule has 1 aliphatic heterocycles. The lowest BCUT2D eigenvalue weighted by atomic mass is 9.96. The van der Waals surface area contributed by atoms with E-state index >= 15 is 4.39 Å². The molecular weight excluding hydrogens is 470 g/mol. The number of terminal acetylenes is 1. The number of aromatic hydroxyl groups is 1. The number of benzene rings is 2. The smallest absolute Gasteiger partial charge is 0.318 e. The third-order valence-corrected chi connectivity index (χ3v) is 6.14. The minimum Gasteiger partial charge on any atom is -0.508 e. The number of hydrogen-bond donors (Lipinski definition) is 1. The molecular formula is C26H22F2N4O4. The Morgan fingerprint density at radius 2 is 2.08 bits per heavy atom. The lowest BCUT2D eigenvalue weighted by Gasteiger charge is -2.36. The van der Waals surface area contributed by atoms with Crippen LogP contribution in [0, 0.1) is 24.0 Å². The number of phenols is 1. The van der Waals surface area contributed by atoms with Gasteiger partial charge < -0.3 is 24.2 Å². The zero-order valence-corrected chi connectivity index (χ0v) is 19.6. The van der Waals surface area contributed by atoms with E-state index in [1.54, 1.807) is 7.11 Å². The molecule has 1 fully saturated rings. The van der Waals surface area contributed by atoms with Crippen molar-refractivity contribution >= 4 is 27.5 Å². The maximum absolute atomic E-state index is 16.2. The van der Waals surface area contributed by atoms with Gasteiger partial charge in [-0.25, -0.2) is 8.78 Å². The third kappa shape index (κ3) is 3.92. The predicted molar refractivity (Wildman–Crippen MR) is 130 cm³/mol. The summed E-state index contributed by atoms with van der Waals surface area (Å²) in [6.07, 6.45) is 7.03. The second-order valence-corrected chi connectivity index (χ2v) is 8.25. The Balaban J connectivity index is 1.78. The van der Waals surface area contributed by atoms with Gasteiger partial charge in [0, 0.05) is 30.8 Å². The summed E-state index contributed by atoms with van der Waals surface area (Å²) in [6, 6.07) is 5.20. The van der Waals surface area contributed by atoms with Crippen LogP contribution in [0.5, 0.6) is 11.8 Å². The van der Waals surface area contributed by atoms with Crippen molar-refractivity contribution in [3.8, 4) is 35.4 Å². The summed E-state index contributed by atoms with van der Waals surface area (Å²) >= 11 is 0. The van der Waals surface area contributed by atoms with Gasteiger partial charge in [-0.3, -0.25) is 4.98 Å². The SMILES string of the molecule is C#Cc1c(F)ccc2cc(O)cc(-c3ncc4c(N5CCOCC5COC)nc(OC)nc4c3F)c12. The normalized spacial score (nSPS) is 15.9. The number of fused-ring (bicyclic) bond motifs is 2. The molecule has 0 radical (unpaired) electrons. The highest BCUT2D eigenvalue weighted by Gasteiger charge is 2.29. The summed E-state index contributed by atoms with van der Waals surface area (Å²) in [7, 11) is 2.98. The van der Waals surface area contributed by atoms with Crippen molar-refractivity contribution in [1.82, 2.24) is 15.0 Å². The van der Waals surface area contributed by atoms with Gasteiger partial charge in [0.25, 0.3) is 0 Å². The Labute approximate surface area is 205 Å².